The van der Waals surface area contributed by atoms with Gasteiger partial charge in [-0.25, -0.2) is 0 Å². The molecule has 1 aromatic rings. The van der Waals surface area contributed by atoms with Crippen molar-refractivity contribution in [2.24, 2.45) is 11.7 Å². The summed E-state index contributed by atoms with van der Waals surface area (Å²) in [6.07, 6.45) is 1.56. The molecule has 2 atom stereocenters. The molecule has 0 radical (unpaired) electrons. The maximum Gasteiger partial charge on any atom is 0.0934 e. The fourth-order valence-electron chi connectivity index (χ4n) is 2.19. The summed E-state index contributed by atoms with van der Waals surface area (Å²) in [5.41, 5.74) is 5.88. The number of benzene rings is 1. The zero-order valence-corrected chi connectivity index (χ0v) is 11.5. The van der Waals surface area contributed by atoms with Gasteiger partial charge in [0.15, 0.2) is 0 Å². The quantitative estimate of drug-likeness (QED) is 0.874. The molecule has 1 rings (SSSR count). The average molecular weight is 286 g/mol. The molecule has 3 N–H and O–H groups in total. The molecule has 90 valence electrons. The van der Waals surface area contributed by atoms with Gasteiger partial charge in [0.1, 0.15) is 0 Å². The zero-order chi connectivity index (χ0) is 12.2. The van der Waals surface area contributed by atoms with Gasteiger partial charge < -0.3 is 10.8 Å². The van der Waals surface area contributed by atoms with Crippen LogP contribution in [0.25, 0.3) is 0 Å². The van der Waals surface area contributed by atoms with Crippen LogP contribution >= 0.6 is 15.9 Å². The number of aliphatic hydroxyl groups is 1. The highest BCUT2D eigenvalue weighted by molar-refractivity contribution is 9.10. The van der Waals surface area contributed by atoms with Crippen molar-refractivity contribution >= 4 is 15.9 Å². The molecule has 0 aliphatic rings. The Morgan fingerprint density at radius 2 is 2.12 bits per heavy atom. The van der Waals surface area contributed by atoms with Gasteiger partial charge in [-0.15, -0.1) is 0 Å². The van der Waals surface area contributed by atoms with Crippen molar-refractivity contribution < 1.29 is 5.11 Å². The summed E-state index contributed by atoms with van der Waals surface area (Å²) in [5, 5.41) is 10.8. The largest absolute Gasteiger partial charge is 0.385 e. The van der Waals surface area contributed by atoms with Gasteiger partial charge in [-0.3, -0.25) is 0 Å². The predicted molar refractivity (Wildman–Crippen MR) is 71.2 cm³/mol. The topological polar surface area (TPSA) is 46.2 Å². The Hall–Kier alpha value is -0.380. The Labute approximate surface area is 106 Å². The summed E-state index contributed by atoms with van der Waals surface area (Å²) in [6, 6.07) is 7.85. The molecule has 0 aliphatic carbocycles. The van der Waals surface area contributed by atoms with E-state index in [9.17, 15) is 5.11 Å². The third-order valence-electron chi connectivity index (χ3n) is 3.32. The molecule has 0 heterocycles. The minimum absolute atomic E-state index is 0.104. The molecule has 0 fully saturated rings. The lowest BCUT2D eigenvalue weighted by Gasteiger charge is -2.35. The van der Waals surface area contributed by atoms with Gasteiger partial charge in [0.2, 0.25) is 0 Å². The van der Waals surface area contributed by atoms with E-state index in [-0.39, 0.29) is 5.92 Å². The van der Waals surface area contributed by atoms with E-state index in [4.69, 9.17) is 5.73 Å². The third-order valence-corrected chi connectivity index (χ3v) is 3.81. The Kier molecular flexibility index (Phi) is 4.96. The molecule has 1 aromatic carbocycles. The van der Waals surface area contributed by atoms with E-state index in [1.807, 2.05) is 31.2 Å². The van der Waals surface area contributed by atoms with Gasteiger partial charge in [-0.2, -0.15) is 0 Å². The van der Waals surface area contributed by atoms with Crippen LogP contribution in [0.5, 0.6) is 0 Å². The number of hydrogen-bond donors (Lipinski definition) is 2. The second-order valence-electron chi connectivity index (χ2n) is 4.13. The lowest BCUT2D eigenvalue weighted by atomic mass is 9.78. The summed E-state index contributed by atoms with van der Waals surface area (Å²) >= 11 is 3.43. The van der Waals surface area contributed by atoms with Crippen LogP contribution in [0.15, 0.2) is 28.7 Å². The minimum Gasteiger partial charge on any atom is -0.385 e. The van der Waals surface area contributed by atoms with Crippen LogP contribution in [0.4, 0.5) is 0 Å². The molecule has 0 amide bonds. The molecule has 2 nitrogen and oxygen atoms in total. The van der Waals surface area contributed by atoms with Crippen molar-refractivity contribution in [3.8, 4) is 0 Å². The molecule has 16 heavy (non-hydrogen) atoms. The normalized spacial score (nSPS) is 16.8. The Morgan fingerprint density at radius 3 is 2.56 bits per heavy atom. The van der Waals surface area contributed by atoms with Gasteiger partial charge in [0, 0.05) is 10.4 Å². The number of nitrogens with two attached hydrogens (primary N) is 1. The van der Waals surface area contributed by atoms with E-state index >= 15 is 0 Å². The molecule has 0 aliphatic heterocycles. The molecule has 0 saturated heterocycles. The van der Waals surface area contributed by atoms with Crippen molar-refractivity contribution in [2.75, 3.05) is 6.54 Å². The summed E-state index contributed by atoms with van der Waals surface area (Å²) < 4.78 is 0.990. The van der Waals surface area contributed by atoms with Crippen molar-refractivity contribution in [1.29, 1.82) is 0 Å². The highest BCUT2D eigenvalue weighted by Crippen LogP contribution is 2.35. The van der Waals surface area contributed by atoms with E-state index in [1.165, 1.54) is 0 Å². The summed E-state index contributed by atoms with van der Waals surface area (Å²) in [7, 11) is 0. The van der Waals surface area contributed by atoms with E-state index in [2.05, 4.69) is 22.9 Å². The summed E-state index contributed by atoms with van der Waals surface area (Å²) in [6.45, 7) is 4.57. The van der Waals surface area contributed by atoms with Gasteiger partial charge in [0.25, 0.3) is 0 Å². The Morgan fingerprint density at radius 1 is 1.44 bits per heavy atom. The smallest absolute Gasteiger partial charge is 0.0934 e. The first kappa shape index (κ1) is 13.7. The van der Waals surface area contributed by atoms with Crippen LogP contribution in [0.3, 0.4) is 0 Å². The Balaban J connectivity index is 3.13. The molecule has 2 unspecified atom stereocenters. The molecule has 0 bridgehead atoms. The predicted octanol–water partition coefficient (Wildman–Crippen LogP) is 3.03. The second-order valence-corrected chi connectivity index (χ2v) is 5.04. The van der Waals surface area contributed by atoms with Crippen LogP contribution in [0.2, 0.25) is 0 Å². The van der Waals surface area contributed by atoms with Crippen LogP contribution in [-0.2, 0) is 5.60 Å². The zero-order valence-electron chi connectivity index (χ0n) is 9.91. The van der Waals surface area contributed by atoms with E-state index in [0.717, 1.165) is 16.5 Å². The first-order valence-electron chi connectivity index (χ1n) is 5.77. The van der Waals surface area contributed by atoms with Gasteiger partial charge in [0.05, 0.1) is 5.60 Å². The highest BCUT2D eigenvalue weighted by atomic mass is 79.9. The van der Waals surface area contributed by atoms with Crippen molar-refractivity contribution in [3.63, 3.8) is 0 Å². The highest BCUT2D eigenvalue weighted by Gasteiger charge is 2.34. The number of halogens is 1. The third kappa shape index (κ3) is 2.65. The second kappa shape index (κ2) is 5.80. The van der Waals surface area contributed by atoms with E-state index in [1.54, 1.807) is 0 Å². The maximum atomic E-state index is 10.8. The number of rotatable bonds is 5. The fraction of sp³-hybridized carbons (Fsp3) is 0.538. The first-order valence-corrected chi connectivity index (χ1v) is 6.56. The van der Waals surface area contributed by atoms with Crippen molar-refractivity contribution in [1.82, 2.24) is 0 Å². The van der Waals surface area contributed by atoms with Gasteiger partial charge in [-0.05, 0) is 37.1 Å². The monoisotopic (exact) mass is 285 g/mol. The fourth-order valence-corrected chi connectivity index (χ4v) is 2.58. The first-order chi connectivity index (χ1) is 7.58. The van der Waals surface area contributed by atoms with E-state index < -0.39 is 5.60 Å². The number of hydrogen-bond acceptors (Lipinski definition) is 2. The molecule has 3 heteroatoms. The van der Waals surface area contributed by atoms with Crippen LogP contribution in [0, 0.1) is 5.92 Å². The summed E-state index contributed by atoms with van der Waals surface area (Å²) in [4.78, 5) is 0. The molecule has 0 aromatic heterocycles. The lowest BCUT2D eigenvalue weighted by molar-refractivity contribution is -0.0262. The molecule has 0 spiro atoms. The van der Waals surface area contributed by atoms with Gasteiger partial charge in [-0.1, -0.05) is 41.9 Å². The maximum absolute atomic E-state index is 10.8. The lowest BCUT2D eigenvalue weighted by Crippen LogP contribution is -2.38. The minimum atomic E-state index is -0.812. The Bertz CT molecular complexity index is 338. The standard InChI is InChI=1S/C13H20BrNO/c1-3-10(9-15)13(16,4-2)11-6-5-7-12(14)8-11/h5-8,10,16H,3-4,9,15H2,1-2H3. The van der Waals surface area contributed by atoms with Crippen LogP contribution < -0.4 is 5.73 Å². The average Bonchev–Trinajstić information content (AvgIpc) is 2.30. The molecule has 0 saturated carbocycles. The molecular weight excluding hydrogens is 266 g/mol. The van der Waals surface area contributed by atoms with Gasteiger partial charge >= 0.3 is 0 Å². The summed E-state index contributed by atoms with van der Waals surface area (Å²) in [5.74, 6) is 0.104. The van der Waals surface area contributed by atoms with E-state index in [0.29, 0.717) is 13.0 Å². The SMILES string of the molecule is CCC(CN)C(O)(CC)c1cccc(Br)c1. The van der Waals surface area contributed by atoms with Crippen molar-refractivity contribution in [2.45, 2.75) is 32.3 Å². The van der Waals surface area contributed by atoms with Crippen LogP contribution in [-0.4, -0.2) is 11.7 Å². The van der Waals surface area contributed by atoms with Crippen molar-refractivity contribution in [3.05, 3.63) is 34.3 Å². The van der Waals surface area contributed by atoms with Crippen LogP contribution in [0.1, 0.15) is 32.3 Å². The molecular formula is C13H20BrNO.